The summed E-state index contributed by atoms with van der Waals surface area (Å²) in [4.78, 5) is 11.5. The number of carbonyl (C=O) groups is 1. The minimum Gasteiger partial charge on any atom is -0.493 e. The molecule has 1 aromatic carbocycles. The fourth-order valence-corrected chi connectivity index (χ4v) is 2.14. The van der Waals surface area contributed by atoms with Crippen molar-refractivity contribution in [1.82, 2.24) is 10.6 Å². The molecule has 2 unspecified atom stereocenters. The average molecular weight is 280 g/mol. The Morgan fingerprint density at radius 3 is 2.40 bits per heavy atom. The Morgan fingerprint density at radius 1 is 1.20 bits per heavy atom. The first-order chi connectivity index (χ1) is 9.51. The molecule has 0 spiro atoms. The van der Waals surface area contributed by atoms with Gasteiger partial charge in [-0.1, -0.05) is 6.07 Å². The van der Waals surface area contributed by atoms with Gasteiger partial charge in [0, 0.05) is 13.1 Å². The van der Waals surface area contributed by atoms with E-state index in [0.717, 1.165) is 23.5 Å². The standard InChI is InChI=1S/C15H24N2O3/c1-10(17-11(2)15(18)16-3)8-12-6-7-13(19-4)14(9-12)20-5/h6-7,9-11,17H,8H2,1-5H3,(H,16,18). The van der Waals surface area contributed by atoms with Crippen molar-refractivity contribution in [2.75, 3.05) is 21.3 Å². The highest BCUT2D eigenvalue weighted by atomic mass is 16.5. The van der Waals surface area contributed by atoms with Crippen LogP contribution in [0.25, 0.3) is 0 Å². The van der Waals surface area contributed by atoms with E-state index in [0.29, 0.717) is 0 Å². The lowest BCUT2D eigenvalue weighted by atomic mass is 10.1. The molecule has 0 aliphatic rings. The molecule has 0 heterocycles. The van der Waals surface area contributed by atoms with Crippen LogP contribution < -0.4 is 20.1 Å². The summed E-state index contributed by atoms with van der Waals surface area (Å²) in [5.41, 5.74) is 1.13. The Morgan fingerprint density at radius 2 is 1.85 bits per heavy atom. The second-order valence-electron chi connectivity index (χ2n) is 4.80. The van der Waals surface area contributed by atoms with Crippen molar-refractivity contribution in [1.29, 1.82) is 0 Å². The van der Waals surface area contributed by atoms with Crippen molar-refractivity contribution >= 4 is 5.91 Å². The highest BCUT2D eigenvalue weighted by Crippen LogP contribution is 2.27. The number of hydrogen-bond donors (Lipinski definition) is 2. The number of amides is 1. The van der Waals surface area contributed by atoms with Crippen molar-refractivity contribution in [3.8, 4) is 11.5 Å². The van der Waals surface area contributed by atoms with Crippen LogP contribution in [0.15, 0.2) is 18.2 Å². The van der Waals surface area contributed by atoms with Crippen molar-refractivity contribution < 1.29 is 14.3 Å². The normalized spacial score (nSPS) is 13.4. The van der Waals surface area contributed by atoms with Crippen LogP contribution in [0.2, 0.25) is 0 Å². The zero-order chi connectivity index (χ0) is 15.1. The Kier molecular flexibility index (Phi) is 6.31. The average Bonchev–Trinajstić information content (AvgIpc) is 2.45. The lowest BCUT2D eigenvalue weighted by Crippen LogP contribution is -2.45. The topological polar surface area (TPSA) is 59.6 Å². The van der Waals surface area contributed by atoms with Crippen LogP contribution in [0.3, 0.4) is 0 Å². The summed E-state index contributed by atoms with van der Waals surface area (Å²) in [5.74, 6) is 1.43. The van der Waals surface area contributed by atoms with Gasteiger partial charge in [-0.05, 0) is 38.0 Å². The maximum Gasteiger partial charge on any atom is 0.236 e. The number of nitrogens with one attached hydrogen (secondary N) is 2. The lowest BCUT2D eigenvalue weighted by Gasteiger charge is -2.19. The van der Waals surface area contributed by atoms with Crippen molar-refractivity contribution in [3.63, 3.8) is 0 Å². The van der Waals surface area contributed by atoms with Gasteiger partial charge >= 0.3 is 0 Å². The van der Waals surface area contributed by atoms with Crippen molar-refractivity contribution in [2.45, 2.75) is 32.4 Å². The molecule has 20 heavy (non-hydrogen) atoms. The molecule has 0 aliphatic carbocycles. The van der Waals surface area contributed by atoms with Gasteiger partial charge < -0.3 is 20.1 Å². The summed E-state index contributed by atoms with van der Waals surface area (Å²) in [5, 5.41) is 5.89. The van der Waals surface area contributed by atoms with E-state index in [4.69, 9.17) is 9.47 Å². The molecule has 0 saturated heterocycles. The number of carbonyl (C=O) groups excluding carboxylic acids is 1. The second-order valence-corrected chi connectivity index (χ2v) is 4.80. The maximum atomic E-state index is 11.5. The highest BCUT2D eigenvalue weighted by Gasteiger charge is 2.14. The van der Waals surface area contributed by atoms with Gasteiger partial charge in [-0.15, -0.1) is 0 Å². The summed E-state index contributed by atoms with van der Waals surface area (Å²) >= 11 is 0. The first-order valence-corrected chi connectivity index (χ1v) is 6.70. The Balaban J connectivity index is 2.66. The van der Waals surface area contributed by atoms with Gasteiger partial charge in [-0.2, -0.15) is 0 Å². The minimum atomic E-state index is -0.213. The summed E-state index contributed by atoms with van der Waals surface area (Å²) in [7, 11) is 4.88. The maximum absolute atomic E-state index is 11.5. The molecule has 112 valence electrons. The molecular formula is C15H24N2O3. The molecule has 0 radical (unpaired) electrons. The monoisotopic (exact) mass is 280 g/mol. The molecule has 5 nitrogen and oxygen atoms in total. The first-order valence-electron chi connectivity index (χ1n) is 6.70. The number of rotatable bonds is 7. The molecule has 1 amide bonds. The smallest absolute Gasteiger partial charge is 0.236 e. The van der Waals surface area contributed by atoms with E-state index in [1.54, 1.807) is 21.3 Å². The predicted octanol–water partition coefficient (Wildman–Crippen LogP) is 1.36. The van der Waals surface area contributed by atoms with Crippen molar-refractivity contribution in [3.05, 3.63) is 23.8 Å². The van der Waals surface area contributed by atoms with Gasteiger partial charge in [0.1, 0.15) is 0 Å². The Hall–Kier alpha value is -1.75. The van der Waals surface area contributed by atoms with Crippen molar-refractivity contribution in [2.24, 2.45) is 0 Å². The molecule has 2 N–H and O–H groups in total. The van der Waals surface area contributed by atoms with Gasteiger partial charge in [-0.3, -0.25) is 4.79 Å². The SMILES string of the molecule is CNC(=O)C(C)NC(C)Cc1ccc(OC)c(OC)c1. The Bertz CT molecular complexity index is 449. The fraction of sp³-hybridized carbons (Fsp3) is 0.533. The van der Waals surface area contributed by atoms with E-state index >= 15 is 0 Å². The molecule has 0 aliphatic heterocycles. The van der Waals surface area contributed by atoms with E-state index in [1.807, 2.05) is 25.1 Å². The third-order valence-corrected chi connectivity index (χ3v) is 3.16. The van der Waals surface area contributed by atoms with Crippen LogP contribution in [0.4, 0.5) is 0 Å². The quantitative estimate of drug-likeness (QED) is 0.792. The summed E-state index contributed by atoms with van der Waals surface area (Å²) < 4.78 is 10.5. The van der Waals surface area contributed by atoms with Gasteiger partial charge in [0.15, 0.2) is 11.5 Å². The van der Waals surface area contributed by atoms with Crippen LogP contribution in [0.1, 0.15) is 19.4 Å². The number of likely N-dealkylation sites (N-methyl/N-ethyl adjacent to an activating group) is 1. The van der Waals surface area contributed by atoms with E-state index in [9.17, 15) is 4.79 Å². The fourth-order valence-electron chi connectivity index (χ4n) is 2.14. The van der Waals surface area contributed by atoms with Gasteiger partial charge in [0.2, 0.25) is 5.91 Å². The minimum absolute atomic E-state index is 0.0100. The van der Waals surface area contributed by atoms with Gasteiger partial charge in [0.05, 0.1) is 20.3 Å². The highest BCUT2D eigenvalue weighted by molar-refractivity contribution is 5.80. The number of benzene rings is 1. The Labute approximate surface area is 120 Å². The number of ether oxygens (including phenoxy) is 2. The molecule has 5 heteroatoms. The molecule has 0 bridgehead atoms. The number of hydrogen-bond acceptors (Lipinski definition) is 4. The summed E-state index contributed by atoms with van der Waals surface area (Å²) in [6.45, 7) is 3.90. The van der Waals surface area contributed by atoms with E-state index < -0.39 is 0 Å². The van der Waals surface area contributed by atoms with Crippen LogP contribution in [-0.4, -0.2) is 39.3 Å². The van der Waals surface area contributed by atoms with Crippen LogP contribution >= 0.6 is 0 Å². The van der Waals surface area contributed by atoms with Gasteiger partial charge in [-0.25, -0.2) is 0 Å². The van der Waals surface area contributed by atoms with Crippen LogP contribution in [-0.2, 0) is 11.2 Å². The molecule has 0 aromatic heterocycles. The third kappa shape index (κ3) is 4.42. The molecule has 0 fully saturated rings. The summed E-state index contributed by atoms with van der Waals surface area (Å²) in [6.07, 6.45) is 0.807. The zero-order valence-corrected chi connectivity index (χ0v) is 12.8. The molecule has 1 aromatic rings. The zero-order valence-electron chi connectivity index (χ0n) is 12.8. The van der Waals surface area contributed by atoms with Crippen LogP contribution in [0.5, 0.6) is 11.5 Å². The molecule has 0 saturated carbocycles. The van der Waals surface area contributed by atoms with E-state index in [2.05, 4.69) is 17.6 Å². The van der Waals surface area contributed by atoms with E-state index in [1.165, 1.54) is 0 Å². The predicted molar refractivity (Wildman–Crippen MR) is 79.4 cm³/mol. The van der Waals surface area contributed by atoms with E-state index in [-0.39, 0.29) is 18.0 Å². The number of methoxy groups -OCH3 is 2. The second kappa shape index (κ2) is 7.75. The molecule has 2 atom stereocenters. The lowest BCUT2D eigenvalue weighted by molar-refractivity contribution is -0.122. The third-order valence-electron chi connectivity index (χ3n) is 3.16. The summed E-state index contributed by atoms with van der Waals surface area (Å²) in [6, 6.07) is 5.82. The first kappa shape index (κ1) is 16.3. The molecular weight excluding hydrogens is 256 g/mol. The van der Waals surface area contributed by atoms with Gasteiger partial charge in [0.25, 0.3) is 0 Å². The largest absolute Gasteiger partial charge is 0.493 e. The molecule has 1 rings (SSSR count). The van der Waals surface area contributed by atoms with Crippen LogP contribution in [0, 0.1) is 0 Å².